The largest absolute Gasteiger partial charge is 0.457 e. The van der Waals surface area contributed by atoms with Crippen LogP contribution in [0.3, 0.4) is 0 Å². The number of cyclic esters (lactones) is 1. The second kappa shape index (κ2) is 6.65. The van der Waals surface area contributed by atoms with Gasteiger partial charge in [0.05, 0.1) is 12.0 Å². The van der Waals surface area contributed by atoms with Gasteiger partial charge in [-0.1, -0.05) is 40.7 Å². The molecule has 0 N–H and O–H groups in total. The summed E-state index contributed by atoms with van der Waals surface area (Å²) in [4.78, 5) is 12.1. The van der Waals surface area contributed by atoms with Gasteiger partial charge in [0, 0.05) is 5.92 Å². The molecule has 0 spiro atoms. The molecule has 4 heteroatoms. The Morgan fingerprint density at radius 2 is 1.86 bits per heavy atom. The second-order valence-electron chi connectivity index (χ2n) is 7.73. The Labute approximate surface area is 131 Å². The third kappa shape index (κ3) is 4.19. The van der Waals surface area contributed by atoms with Crippen LogP contribution in [0, 0.1) is 11.8 Å². The molecular weight excluding hydrogens is 280 g/mol. The van der Waals surface area contributed by atoms with Crippen LogP contribution in [-0.4, -0.2) is 26.5 Å². The van der Waals surface area contributed by atoms with Gasteiger partial charge in [-0.3, -0.25) is 4.79 Å². The van der Waals surface area contributed by atoms with E-state index in [9.17, 15) is 4.79 Å². The van der Waals surface area contributed by atoms with Crippen molar-refractivity contribution in [2.45, 2.75) is 78.3 Å². The summed E-state index contributed by atoms with van der Waals surface area (Å²) in [6.45, 7) is 17.3. The molecule has 1 aliphatic heterocycles. The highest BCUT2D eigenvalue weighted by Gasteiger charge is 2.47. The second-order valence-corrected chi connectivity index (χ2v) is 12.5. The smallest absolute Gasteiger partial charge is 0.311 e. The molecule has 4 atom stereocenters. The molecule has 1 fully saturated rings. The zero-order valence-corrected chi connectivity index (χ0v) is 15.9. The fourth-order valence-electron chi connectivity index (χ4n) is 2.34. The Bertz CT molecular complexity index is 395. The van der Waals surface area contributed by atoms with Crippen molar-refractivity contribution in [2.24, 2.45) is 11.8 Å². The van der Waals surface area contributed by atoms with Crippen LogP contribution in [0.15, 0.2) is 12.2 Å². The summed E-state index contributed by atoms with van der Waals surface area (Å²) in [5, 5.41) is 0.141. The number of hydrogen-bond donors (Lipinski definition) is 0. The Morgan fingerprint density at radius 1 is 1.29 bits per heavy atom. The molecule has 0 amide bonds. The number of esters is 1. The van der Waals surface area contributed by atoms with Gasteiger partial charge in [0.25, 0.3) is 0 Å². The molecule has 0 aliphatic carbocycles. The van der Waals surface area contributed by atoms with E-state index in [4.69, 9.17) is 9.16 Å². The predicted molar refractivity (Wildman–Crippen MR) is 89.7 cm³/mol. The van der Waals surface area contributed by atoms with Crippen molar-refractivity contribution >= 4 is 14.3 Å². The minimum atomic E-state index is -1.90. The van der Waals surface area contributed by atoms with Crippen LogP contribution >= 0.6 is 0 Å². The van der Waals surface area contributed by atoms with E-state index in [0.29, 0.717) is 0 Å². The van der Waals surface area contributed by atoms with Gasteiger partial charge in [-0.15, -0.1) is 0 Å². The molecule has 21 heavy (non-hydrogen) atoms. The molecule has 1 rings (SSSR count). The molecular formula is C17H32O3Si. The van der Waals surface area contributed by atoms with E-state index in [-0.39, 0.29) is 35.1 Å². The molecule has 0 unspecified atom stereocenters. The van der Waals surface area contributed by atoms with Crippen molar-refractivity contribution in [2.75, 3.05) is 0 Å². The summed E-state index contributed by atoms with van der Waals surface area (Å²) in [7, 11) is -1.90. The van der Waals surface area contributed by atoms with E-state index < -0.39 is 8.32 Å². The lowest BCUT2D eigenvalue weighted by atomic mass is 9.86. The zero-order chi connectivity index (χ0) is 16.4. The third-order valence-corrected chi connectivity index (χ3v) is 9.43. The van der Waals surface area contributed by atoms with Crippen LogP contribution in [0.2, 0.25) is 18.1 Å². The van der Waals surface area contributed by atoms with Crippen LogP contribution in [0.1, 0.15) is 48.0 Å². The highest BCUT2D eigenvalue weighted by atomic mass is 28.4. The van der Waals surface area contributed by atoms with Gasteiger partial charge in [0.1, 0.15) is 6.10 Å². The molecule has 0 saturated carbocycles. The summed E-state index contributed by atoms with van der Waals surface area (Å²) < 4.78 is 12.1. The minimum Gasteiger partial charge on any atom is -0.457 e. The van der Waals surface area contributed by atoms with Crippen LogP contribution in [0.5, 0.6) is 0 Å². The van der Waals surface area contributed by atoms with Crippen molar-refractivity contribution in [1.29, 1.82) is 0 Å². The maximum absolute atomic E-state index is 12.1. The highest BCUT2D eigenvalue weighted by Crippen LogP contribution is 2.41. The summed E-state index contributed by atoms with van der Waals surface area (Å²) in [6, 6.07) is 0. The first-order valence-electron chi connectivity index (χ1n) is 8.06. The van der Waals surface area contributed by atoms with Gasteiger partial charge in [0.2, 0.25) is 0 Å². The molecule has 1 aliphatic rings. The van der Waals surface area contributed by atoms with Gasteiger partial charge in [0.15, 0.2) is 8.32 Å². The van der Waals surface area contributed by atoms with Crippen LogP contribution in [0.25, 0.3) is 0 Å². The standard InChI is InChI=1S/C17H32O3Si/c1-9-10-11-14-12(2)15(13(3)16(18)19-14)20-21(7,8)17(4,5)6/h10-15H,9H2,1-8H3/t12-,13+,14-,15-/m0/s1. The van der Waals surface area contributed by atoms with Crippen molar-refractivity contribution in [3.8, 4) is 0 Å². The Morgan fingerprint density at radius 3 is 2.33 bits per heavy atom. The van der Waals surface area contributed by atoms with Crippen LogP contribution < -0.4 is 0 Å². The fourth-order valence-corrected chi connectivity index (χ4v) is 3.79. The summed E-state index contributed by atoms with van der Waals surface area (Å²) in [6.07, 6.45) is 4.80. The maximum Gasteiger partial charge on any atom is 0.311 e. The molecule has 1 saturated heterocycles. The minimum absolute atomic E-state index is 0.0568. The quantitative estimate of drug-likeness (QED) is 0.434. The third-order valence-electron chi connectivity index (χ3n) is 4.95. The fraction of sp³-hybridized carbons (Fsp3) is 0.824. The van der Waals surface area contributed by atoms with Crippen LogP contribution in [0.4, 0.5) is 0 Å². The first kappa shape index (κ1) is 18.4. The molecule has 3 nitrogen and oxygen atoms in total. The van der Waals surface area contributed by atoms with E-state index in [1.165, 1.54) is 0 Å². The topological polar surface area (TPSA) is 35.5 Å². The molecule has 122 valence electrons. The van der Waals surface area contributed by atoms with Gasteiger partial charge in [-0.25, -0.2) is 0 Å². The van der Waals surface area contributed by atoms with Crippen molar-refractivity contribution < 1.29 is 14.0 Å². The number of carbonyl (C=O) groups is 1. The van der Waals surface area contributed by atoms with Gasteiger partial charge in [-0.2, -0.15) is 0 Å². The lowest BCUT2D eigenvalue weighted by Gasteiger charge is -2.45. The van der Waals surface area contributed by atoms with Crippen LogP contribution in [-0.2, 0) is 14.0 Å². The average Bonchev–Trinajstić information content (AvgIpc) is 2.36. The predicted octanol–water partition coefficient (Wildman–Crippen LogP) is 4.54. The Balaban J connectivity index is 2.97. The van der Waals surface area contributed by atoms with Gasteiger partial charge < -0.3 is 9.16 Å². The van der Waals surface area contributed by atoms with Crippen molar-refractivity contribution in [3.63, 3.8) is 0 Å². The van der Waals surface area contributed by atoms with Gasteiger partial charge >= 0.3 is 5.97 Å². The summed E-state index contributed by atoms with van der Waals surface area (Å²) >= 11 is 0. The molecule has 0 radical (unpaired) electrons. The lowest BCUT2D eigenvalue weighted by molar-refractivity contribution is -0.171. The molecule has 0 aromatic carbocycles. The molecule has 0 aromatic heterocycles. The number of rotatable bonds is 4. The lowest BCUT2D eigenvalue weighted by Crippen LogP contribution is -2.53. The molecule has 0 aromatic rings. The number of ether oxygens (including phenoxy) is 1. The monoisotopic (exact) mass is 312 g/mol. The van der Waals surface area contributed by atoms with Crippen molar-refractivity contribution in [3.05, 3.63) is 12.2 Å². The maximum atomic E-state index is 12.1. The SMILES string of the molecule is CCC=C[C@@H]1OC(=O)[C@H](C)[C@@H](O[Si](C)(C)C(C)(C)C)[C@H]1C. The molecule has 1 heterocycles. The average molecular weight is 313 g/mol. The normalized spacial score (nSPS) is 31.5. The van der Waals surface area contributed by atoms with Crippen molar-refractivity contribution in [1.82, 2.24) is 0 Å². The first-order chi connectivity index (χ1) is 9.51. The summed E-state index contributed by atoms with van der Waals surface area (Å²) in [5.74, 6) is -0.141. The van der Waals surface area contributed by atoms with E-state index in [1.807, 2.05) is 13.0 Å². The van der Waals surface area contributed by atoms with E-state index in [1.54, 1.807) is 0 Å². The Hall–Kier alpha value is -0.613. The van der Waals surface area contributed by atoms with E-state index in [0.717, 1.165) is 6.42 Å². The zero-order valence-electron chi connectivity index (χ0n) is 14.9. The number of allylic oxidation sites excluding steroid dienone is 1. The van der Waals surface area contributed by atoms with E-state index >= 15 is 0 Å². The highest BCUT2D eigenvalue weighted by molar-refractivity contribution is 6.74. The van der Waals surface area contributed by atoms with E-state index in [2.05, 4.69) is 53.8 Å². The number of carbonyl (C=O) groups excluding carboxylic acids is 1. The van der Waals surface area contributed by atoms with Gasteiger partial charge in [-0.05, 0) is 37.6 Å². The summed E-state index contributed by atoms with van der Waals surface area (Å²) in [5.41, 5.74) is 0. The number of hydrogen-bond acceptors (Lipinski definition) is 3. The first-order valence-corrected chi connectivity index (χ1v) is 11.0. The molecule has 0 bridgehead atoms. The Kier molecular flexibility index (Phi) is 5.84.